The Balaban J connectivity index is 1.05. The van der Waals surface area contributed by atoms with Gasteiger partial charge < -0.3 is 58.4 Å². The second-order valence-corrected chi connectivity index (χ2v) is 19.2. The number of fused-ring (bicyclic) bond motifs is 3. The van der Waals surface area contributed by atoms with E-state index in [1.165, 1.54) is 48.5 Å². The Bertz CT molecular complexity index is 3210. The van der Waals surface area contributed by atoms with Gasteiger partial charge in [-0.25, -0.2) is 4.79 Å². The highest BCUT2D eigenvalue weighted by molar-refractivity contribution is 5.98. The number of H-pyrrole nitrogens is 1. The summed E-state index contributed by atoms with van der Waals surface area (Å²) in [6.07, 6.45) is 1.74. The summed E-state index contributed by atoms with van der Waals surface area (Å²) in [5, 5.41) is 44.5. The minimum Gasteiger partial charge on any atom is -0.508 e. The van der Waals surface area contributed by atoms with Crippen molar-refractivity contribution in [2.45, 2.75) is 87.1 Å². The highest BCUT2D eigenvalue weighted by Gasteiger charge is 2.37. The van der Waals surface area contributed by atoms with Crippen LogP contribution in [-0.2, 0) is 72.1 Å². The number of benzene rings is 6. The number of hydrogen-bond donors (Lipinski definition) is 11. The van der Waals surface area contributed by atoms with Crippen molar-refractivity contribution in [1.82, 2.24) is 31.6 Å². The molecule has 18 nitrogen and oxygen atoms in total. The first kappa shape index (κ1) is 54.0. The summed E-state index contributed by atoms with van der Waals surface area (Å²) in [7, 11) is 0. The lowest BCUT2D eigenvalue weighted by atomic mass is 9.82. The molecule has 0 spiro atoms. The lowest BCUT2D eigenvalue weighted by Crippen LogP contribution is -2.60. The number of carbonyl (C=O) groups is 7. The van der Waals surface area contributed by atoms with Crippen LogP contribution in [0.1, 0.15) is 56.8 Å². The van der Waals surface area contributed by atoms with Crippen LogP contribution in [-0.4, -0.2) is 98.0 Å². The predicted molar refractivity (Wildman–Crippen MR) is 287 cm³/mol. The molecule has 18 heteroatoms. The second-order valence-electron chi connectivity index (χ2n) is 19.2. The van der Waals surface area contributed by atoms with Crippen molar-refractivity contribution >= 4 is 52.3 Å². The Morgan fingerprint density at radius 3 is 1.42 bits per heavy atom. The molecule has 0 unspecified atom stereocenters. The fourth-order valence-corrected chi connectivity index (χ4v) is 9.81. The molecule has 0 saturated carbocycles. The van der Waals surface area contributed by atoms with Crippen molar-refractivity contribution < 1.29 is 48.9 Å². The highest BCUT2D eigenvalue weighted by Crippen LogP contribution is 2.36. The molecule has 6 amide bonds. The molecule has 396 valence electrons. The molecule has 6 atom stereocenters. The molecule has 77 heavy (non-hydrogen) atoms. The number of hydrogen-bond acceptors (Lipinski definition) is 10. The fourth-order valence-electron chi connectivity index (χ4n) is 9.81. The molecule has 7 aromatic rings. The number of phenolic OH excluding ortho intramolecular Hbond substituents is 2. The standard InChI is InChI=1S/C59H60N8O10/c60-51(70)32-49(65-55(72)48(28-34-10-2-1-3-11-34)66-58(75)53(61)52-43-15-6-4-12-37(43)22-23-38-13-5-7-16-44(38)52)57(74)64-46(29-35-18-24-40(68)25-19-35)54(71)63-47(30-36-20-26-41(69)27-21-36)56(73)67-50(59(76)77)31-39-33-62-45-17-9-8-14-42(39)45/h1-21,24-27,33,46-50,52-53,62,68-69H,22-23,28-32,61H2,(H2,60,70)(H,63,71)(H,64,74)(H,65,72)(H,66,75)(H,67,73)(H,76,77)/t46-,47-,48-,49-,50-,53-/m0/s1. The molecule has 1 aliphatic rings. The summed E-state index contributed by atoms with van der Waals surface area (Å²) in [6, 6.07) is 34.4. The van der Waals surface area contributed by atoms with Gasteiger partial charge in [0.1, 0.15) is 41.7 Å². The van der Waals surface area contributed by atoms with Gasteiger partial charge in [0.25, 0.3) is 0 Å². The van der Waals surface area contributed by atoms with E-state index in [-0.39, 0.29) is 37.2 Å². The summed E-state index contributed by atoms with van der Waals surface area (Å²) >= 11 is 0. The minimum absolute atomic E-state index is 0.0607. The molecule has 1 aromatic heterocycles. The van der Waals surface area contributed by atoms with Crippen LogP contribution in [0.5, 0.6) is 11.5 Å². The van der Waals surface area contributed by atoms with Crippen molar-refractivity contribution in [3.05, 3.63) is 202 Å². The molecule has 8 rings (SSSR count). The smallest absolute Gasteiger partial charge is 0.326 e. The van der Waals surface area contributed by atoms with E-state index in [2.05, 4.69) is 31.6 Å². The average molecular weight is 1040 g/mol. The molecular weight excluding hydrogens is 981 g/mol. The van der Waals surface area contributed by atoms with Crippen LogP contribution in [0.3, 0.4) is 0 Å². The molecule has 13 N–H and O–H groups in total. The van der Waals surface area contributed by atoms with E-state index in [1.54, 1.807) is 42.6 Å². The average Bonchev–Trinajstić information content (AvgIpc) is 3.76. The zero-order valence-corrected chi connectivity index (χ0v) is 41.9. The van der Waals surface area contributed by atoms with E-state index in [4.69, 9.17) is 11.5 Å². The number of aromatic amines is 1. The van der Waals surface area contributed by atoms with Gasteiger partial charge in [0.15, 0.2) is 0 Å². The third-order valence-electron chi connectivity index (χ3n) is 13.8. The maximum Gasteiger partial charge on any atom is 0.326 e. The Labute approximate surface area is 443 Å². The number of phenols is 2. The van der Waals surface area contributed by atoms with Crippen molar-refractivity contribution in [1.29, 1.82) is 0 Å². The van der Waals surface area contributed by atoms with Gasteiger partial charge in [-0.2, -0.15) is 0 Å². The normalized spacial score (nSPS) is 14.4. The zero-order chi connectivity index (χ0) is 54.6. The number of nitrogens with one attached hydrogen (secondary N) is 6. The number of carboxylic acid groups (broad SMARTS) is 1. The molecule has 0 bridgehead atoms. The summed E-state index contributed by atoms with van der Waals surface area (Å²) in [5.74, 6) is -7.44. The molecule has 6 aromatic carbocycles. The molecule has 0 aliphatic heterocycles. The van der Waals surface area contributed by atoms with Crippen molar-refractivity contribution in [2.24, 2.45) is 11.5 Å². The molecule has 1 aliphatic carbocycles. The minimum atomic E-state index is -1.71. The lowest BCUT2D eigenvalue weighted by Gasteiger charge is -2.29. The summed E-state index contributed by atoms with van der Waals surface area (Å²) in [4.78, 5) is 101. The molecular formula is C59H60N8O10. The van der Waals surface area contributed by atoms with E-state index in [1.807, 2.05) is 66.7 Å². The van der Waals surface area contributed by atoms with Crippen LogP contribution in [0.25, 0.3) is 10.9 Å². The van der Waals surface area contributed by atoms with E-state index in [0.29, 0.717) is 22.3 Å². The van der Waals surface area contributed by atoms with E-state index >= 15 is 0 Å². The van der Waals surface area contributed by atoms with E-state index in [9.17, 15) is 48.9 Å². The van der Waals surface area contributed by atoms with Gasteiger partial charge in [-0.15, -0.1) is 0 Å². The van der Waals surface area contributed by atoms with Gasteiger partial charge in [0.05, 0.1) is 12.5 Å². The maximum atomic E-state index is 14.6. The first-order valence-electron chi connectivity index (χ1n) is 25.2. The number of aromatic nitrogens is 1. The number of aliphatic carboxylic acids is 1. The third kappa shape index (κ3) is 13.9. The Morgan fingerprint density at radius 2 is 0.909 bits per heavy atom. The number of amides is 6. The number of aryl methyl sites for hydroxylation is 2. The second kappa shape index (κ2) is 24.8. The lowest BCUT2D eigenvalue weighted by molar-refractivity contribution is -0.142. The molecule has 0 fully saturated rings. The number of carbonyl (C=O) groups excluding carboxylic acids is 6. The van der Waals surface area contributed by atoms with Crippen molar-refractivity contribution in [2.75, 3.05) is 0 Å². The van der Waals surface area contributed by atoms with Gasteiger partial charge in [0, 0.05) is 48.7 Å². The first-order chi connectivity index (χ1) is 37.1. The highest BCUT2D eigenvalue weighted by atomic mass is 16.4. The van der Waals surface area contributed by atoms with Crippen LogP contribution >= 0.6 is 0 Å². The van der Waals surface area contributed by atoms with Gasteiger partial charge in [-0.3, -0.25) is 28.8 Å². The van der Waals surface area contributed by atoms with Crippen LogP contribution in [0.4, 0.5) is 0 Å². The quantitative estimate of drug-likeness (QED) is 0.0467. The monoisotopic (exact) mass is 1040 g/mol. The largest absolute Gasteiger partial charge is 0.508 e. The number of aromatic hydroxyl groups is 2. The van der Waals surface area contributed by atoms with E-state index in [0.717, 1.165) is 46.0 Å². The first-order valence-corrected chi connectivity index (χ1v) is 25.2. The SMILES string of the molecule is NC(=O)C[C@H](NC(=O)[C@H](Cc1ccccc1)NC(=O)[C@@H](N)C1c2ccccc2CCc2ccccc21)C(=O)N[C@@H](Cc1ccc(O)cc1)C(=O)N[C@@H](Cc1ccc(O)cc1)C(=O)N[C@@H](Cc1c[nH]c2ccccc12)C(=O)O. The molecule has 0 saturated heterocycles. The molecule has 1 heterocycles. The van der Waals surface area contributed by atoms with Crippen molar-refractivity contribution in [3.63, 3.8) is 0 Å². The van der Waals surface area contributed by atoms with Crippen LogP contribution in [0.15, 0.2) is 158 Å². The number of carboxylic acids is 1. The van der Waals surface area contributed by atoms with Crippen LogP contribution < -0.4 is 38.1 Å². The Kier molecular flexibility index (Phi) is 17.4. The summed E-state index contributed by atoms with van der Waals surface area (Å²) < 4.78 is 0. The number of rotatable bonds is 22. The van der Waals surface area contributed by atoms with Crippen LogP contribution in [0.2, 0.25) is 0 Å². The summed E-state index contributed by atoms with van der Waals surface area (Å²) in [6.45, 7) is 0. The van der Waals surface area contributed by atoms with Gasteiger partial charge in [0.2, 0.25) is 35.4 Å². The van der Waals surface area contributed by atoms with Crippen LogP contribution in [0, 0.1) is 0 Å². The number of nitrogens with two attached hydrogens (primary N) is 2. The number of para-hydroxylation sites is 1. The van der Waals surface area contributed by atoms with Gasteiger partial charge in [-0.05, 0) is 87.7 Å². The fraction of sp³-hybridized carbons (Fsp3) is 0.237. The topological polar surface area (TPSA) is 308 Å². The van der Waals surface area contributed by atoms with Gasteiger partial charge >= 0.3 is 5.97 Å². The molecule has 0 radical (unpaired) electrons. The number of primary amides is 1. The van der Waals surface area contributed by atoms with E-state index < -0.39 is 90.0 Å². The Hall–Kier alpha value is -9.29. The Morgan fingerprint density at radius 1 is 0.494 bits per heavy atom. The zero-order valence-electron chi connectivity index (χ0n) is 41.9. The maximum absolute atomic E-state index is 14.6. The summed E-state index contributed by atoms with van der Waals surface area (Å²) in [5.41, 5.74) is 19.3. The van der Waals surface area contributed by atoms with Crippen molar-refractivity contribution in [3.8, 4) is 11.5 Å². The third-order valence-corrected chi connectivity index (χ3v) is 13.8. The predicted octanol–water partition coefficient (Wildman–Crippen LogP) is 3.49. The van der Waals surface area contributed by atoms with Gasteiger partial charge in [-0.1, -0.05) is 121 Å².